The lowest BCUT2D eigenvalue weighted by Gasteiger charge is -2.03. The Morgan fingerprint density at radius 2 is 1.78 bits per heavy atom. The first kappa shape index (κ1) is 8.79. The van der Waals surface area contributed by atoms with Gasteiger partial charge in [-0.15, -0.1) is 0 Å². The summed E-state index contributed by atoms with van der Waals surface area (Å²) in [5.74, 6) is 0. The van der Waals surface area contributed by atoms with Crippen molar-refractivity contribution in [1.29, 1.82) is 0 Å². The molecule has 0 aliphatic heterocycles. The predicted molar refractivity (Wildman–Crippen MR) is 30.4 cm³/mol. The Balaban J connectivity index is 3.16. The number of hydrogen-bond donors (Lipinski definition) is 0. The van der Waals surface area contributed by atoms with Gasteiger partial charge in [0.1, 0.15) is 0 Å². The molecule has 0 N–H and O–H groups in total. The Kier molecular flexibility index (Phi) is 4.54. The SMILES string of the molecule is CCCC[C@H](F)C(F)F. The molecule has 9 heavy (non-hydrogen) atoms. The van der Waals surface area contributed by atoms with E-state index in [1.807, 2.05) is 6.92 Å². The zero-order chi connectivity index (χ0) is 7.28. The zero-order valence-electron chi connectivity index (χ0n) is 5.41. The van der Waals surface area contributed by atoms with E-state index >= 15 is 0 Å². The van der Waals surface area contributed by atoms with Gasteiger partial charge in [0.2, 0.25) is 0 Å². The summed E-state index contributed by atoms with van der Waals surface area (Å²) in [5, 5.41) is 0. The van der Waals surface area contributed by atoms with Crippen LogP contribution >= 0.6 is 0 Å². The zero-order valence-corrected chi connectivity index (χ0v) is 5.41. The number of hydrogen-bond acceptors (Lipinski definition) is 0. The van der Waals surface area contributed by atoms with Crippen molar-refractivity contribution >= 4 is 0 Å². The van der Waals surface area contributed by atoms with Gasteiger partial charge in [-0.1, -0.05) is 19.8 Å². The Bertz CT molecular complexity index is 63.3. The van der Waals surface area contributed by atoms with E-state index in [1.165, 1.54) is 0 Å². The van der Waals surface area contributed by atoms with Gasteiger partial charge in [0, 0.05) is 0 Å². The maximum atomic E-state index is 12.0. The summed E-state index contributed by atoms with van der Waals surface area (Å²) >= 11 is 0. The number of unbranched alkanes of at least 4 members (excludes halogenated alkanes) is 1. The third kappa shape index (κ3) is 4.30. The molecule has 0 amide bonds. The number of alkyl halides is 3. The normalized spacial score (nSPS) is 14.3. The van der Waals surface area contributed by atoms with Crippen LogP contribution in [-0.2, 0) is 0 Å². The van der Waals surface area contributed by atoms with Gasteiger partial charge >= 0.3 is 0 Å². The lowest BCUT2D eigenvalue weighted by molar-refractivity contribution is 0.0443. The van der Waals surface area contributed by atoms with E-state index in [1.54, 1.807) is 0 Å². The van der Waals surface area contributed by atoms with Crippen LogP contribution in [0, 0.1) is 0 Å². The van der Waals surface area contributed by atoms with Gasteiger partial charge < -0.3 is 0 Å². The van der Waals surface area contributed by atoms with E-state index in [-0.39, 0.29) is 6.42 Å². The maximum Gasteiger partial charge on any atom is 0.269 e. The highest BCUT2D eigenvalue weighted by Crippen LogP contribution is 2.12. The van der Waals surface area contributed by atoms with Gasteiger partial charge in [-0.3, -0.25) is 0 Å². The second-order valence-electron chi connectivity index (χ2n) is 1.99. The molecule has 0 nitrogen and oxygen atoms in total. The first-order chi connectivity index (χ1) is 4.18. The molecule has 0 aromatic carbocycles. The Morgan fingerprint density at radius 1 is 1.22 bits per heavy atom. The molecule has 0 aromatic heterocycles. The first-order valence-corrected chi connectivity index (χ1v) is 3.10. The van der Waals surface area contributed by atoms with E-state index in [0.29, 0.717) is 6.42 Å². The third-order valence-corrected chi connectivity index (χ3v) is 1.11. The molecule has 0 bridgehead atoms. The standard InChI is InChI=1S/C6H11F3/c1-2-3-4-5(7)6(8)9/h5-6H,2-4H2,1H3/t5-/m0/s1. The Labute approximate surface area is 53.1 Å². The van der Waals surface area contributed by atoms with E-state index < -0.39 is 12.6 Å². The van der Waals surface area contributed by atoms with Gasteiger partial charge in [-0.05, 0) is 6.42 Å². The monoisotopic (exact) mass is 140 g/mol. The lowest BCUT2D eigenvalue weighted by Crippen LogP contribution is -2.10. The second kappa shape index (κ2) is 4.65. The molecule has 0 aliphatic carbocycles. The second-order valence-corrected chi connectivity index (χ2v) is 1.99. The van der Waals surface area contributed by atoms with Crippen molar-refractivity contribution in [2.24, 2.45) is 0 Å². The first-order valence-electron chi connectivity index (χ1n) is 3.10. The molecule has 0 saturated carbocycles. The molecule has 0 radical (unpaired) electrons. The van der Waals surface area contributed by atoms with Crippen LogP contribution in [0.4, 0.5) is 13.2 Å². The average molecular weight is 140 g/mol. The summed E-state index contributed by atoms with van der Waals surface area (Å²) in [5.41, 5.74) is 0. The van der Waals surface area contributed by atoms with Gasteiger partial charge in [0.25, 0.3) is 6.43 Å². The molecule has 1 atom stereocenters. The molecule has 56 valence electrons. The molecule has 0 saturated heterocycles. The van der Waals surface area contributed by atoms with Crippen molar-refractivity contribution < 1.29 is 13.2 Å². The summed E-state index contributed by atoms with van der Waals surface area (Å²) in [6, 6.07) is 0. The van der Waals surface area contributed by atoms with Crippen molar-refractivity contribution in [2.75, 3.05) is 0 Å². The smallest absolute Gasteiger partial charge is 0.241 e. The molecule has 3 heteroatoms. The fraction of sp³-hybridized carbons (Fsp3) is 1.00. The van der Waals surface area contributed by atoms with E-state index in [0.717, 1.165) is 6.42 Å². The summed E-state index contributed by atoms with van der Waals surface area (Å²) in [4.78, 5) is 0. The summed E-state index contributed by atoms with van der Waals surface area (Å²) in [6.45, 7) is 1.85. The van der Waals surface area contributed by atoms with E-state index in [4.69, 9.17) is 0 Å². The number of halogens is 3. The van der Waals surface area contributed by atoms with Crippen molar-refractivity contribution in [2.45, 2.75) is 38.8 Å². The van der Waals surface area contributed by atoms with Crippen LogP contribution in [0.2, 0.25) is 0 Å². The molecule has 0 fully saturated rings. The Morgan fingerprint density at radius 3 is 2.11 bits per heavy atom. The van der Waals surface area contributed by atoms with Crippen molar-refractivity contribution in [1.82, 2.24) is 0 Å². The minimum Gasteiger partial charge on any atom is -0.241 e. The maximum absolute atomic E-state index is 12.0. The molecule has 0 rings (SSSR count). The lowest BCUT2D eigenvalue weighted by atomic mass is 10.2. The topological polar surface area (TPSA) is 0 Å². The fourth-order valence-corrected chi connectivity index (χ4v) is 0.525. The van der Waals surface area contributed by atoms with Crippen LogP contribution in [0.25, 0.3) is 0 Å². The van der Waals surface area contributed by atoms with Crippen molar-refractivity contribution in [3.63, 3.8) is 0 Å². The highest BCUT2D eigenvalue weighted by molar-refractivity contribution is 4.56. The van der Waals surface area contributed by atoms with Crippen LogP contribution in [-0.4, -0.2) is 12.6 Å². The molecular weight excluding hydrogens is 129 g/mol. The molecule has 0 unspecified atom stereocenters. The highest BCUT2D eigenvalue weighted by Gasteiger charge is 2.17. The van der Waals surface area contributed by atoms with Crippen molar-refractivity contribution in [3.8, 4) is 0 Å². The van der Waals surface area contributed by atoms with Crippen molar-refractivity contribution in [3.05, 3.63) is 0 Å². The summed E-state index contributed by atoms with van der Waals surface area (Å²) in [6.07, 6.45) is -3.39. The average Bonchev–Trinajstić information content (AvgIpc) is 1.82. The third-order valence-electron chi connectivity index (χ3n) is 1.11. The number of rotatable bonds is 4. The quantitative estimate of drug-likeness (QED) is 0.563. The van der Waals surface area contributed by atoms with Crippen LogP contribution in [0.1, 0.15) is 26.2 Å². The molecule has 0 spiro atoms. The molecular formula is C6H11F3. The molecule has 0 aromatic rings. The molecule has 0 aliphatic rings. The highest BCUT2D eigenvalue weighted by atomic mass is 19.3. The van der Waals surface area contributed by atoms with Crippen LogP contribution in [0.15, 0.2) is 0 Å². The van der Waals surface area contributed by atoms with Crippen LogP contribution < -0.4 is 0 Å². The largest absolute Gasteiger partial charge is 0.269 e. The fourth-order valence-electron chi connectivity index (χ4n) is 0.525. The predicted octanol–water partition coefficient (Wildman–Crippen LogP) is 2.78. The van der Waals surface area contributed by atoms with E-state index in [9.17, 15) is 13.2 Å². The van der Waals surface area contributed by atoms with Gasteiger partial charge in [-0.25, -0.2) is 13.2 Å². The van der Waals surface area contributed by atoms with Gasteiger partial charge in [0.05, 0.1) is 0 Å². The van der Waals surface area contributed by atoms with Gasteiger partial charge in [-0.2, -0.15) is 0 Å². The van der Waals surface area contributed by atoms with E-state index in [2.05, 4.69) is 0 Å². The molecule has 0 heterocycles. The Hall–Kier alpha value is -0.210. The van der Waals surface area contributed by atoms with Crippen LogP contribution in [0.3, 0.4) is 0 Å². The minimum atomic E-state index is -2.79. The van der Waals surface area contributed by atoms with Crippen LogP contribution in [0.5, 0.6) is 0 Å². The van der Waals surface area contributed by atoms with Gasteiger partial charge in [0.15, 0.2) is 6.17 Å². The summed E-state index contributed by atoms with van der Waals surface area (Å²) < 4.78 is 34.7. The minimum absolute atomic E-state index is 0.00579. The summed E-state index contributed by atoms with van der Waals surface area (Å²) in [7, 11) is 0.